The molecule has 2 N–H and O–H groups in total. The van der Waals surface area contributed by atoms with E-state index in [9.17, 15) is 9.50 Å². The Morgan fingerprint density at radius 1 is 1.38 bits per heavy atom. The maximum atomic E-state index is 13.2. The van der Waals surface area contributed by atoms with Gasteiger partial charge in [0, 0.05) is 12.6 Å². The lowest BCUT2D eigenvalue weighted by atomic mass is 10.2. The molecule has 0 heterocycles. The number of benzene rings is 1. The van der Waals surface area contributed by atoms with Gasteiger partial charge in [-0.1, -0.05) is 0 Å². The second kappa shape index (κ2) is 5.82. The Hall–Kier alpha value is -1.13. The third-order valence-corrected chi connectivity index (χ3v) is 2.31. The molecule has 0 bridgehead atoms. The van der Waals surface area contributed by atoms with E-state index in [1.165, 1.54) is 12.1 Å². The van der Waals surface area contributed by atoms with Crippen LogP contribution < -0.4 is 10.1 Å². The zero-order valence-corrected chi connectivity index (χ0v) is 9.83. The zero-order chi connectivity index (χ0) is 12.1. The molecule has 4 heteroatoms. The monoisotopic (exact) mass is 227 g/mol. The van der Waals surface area contributed by atoms with Gasteiger partial charge >= 0.3 is 0 Å². The summed E-state index contributed by atoms with van der Waals surface area (Å²) in [4.78, 5) is 0. The van der Waals surface area contributed by atoms with Crippen molar-refractivity contribution >= 4 is 0 Å². The number of aliphatic hydroxyl groups excluding tert-OH is 1. The number of nitrogens with one attached hydrogen (secondary N) is 1. The fourth-order valence-electron chi connectivity index (χ4n) is 1.31. The van der Waals surface area contributed by atoms with Crippen LogP contribution in [0.1, 0.15) is 19.4 Å². The summed E-state index contributed by atoms with van der Waals surface area (Å²) in [7, 11) is 1.80. The molecule has 0 amide bonds. The van der Waals surface area contributed by atoms with E-state index in [2.05, 4.69) is 5.32 Å². The van der Waals surface area contributed by atoms with Crippen molar-refractivity contribution in [2.45, 2.75) is 32.6 Å². The van der Waals surface area contributed by atoms with Gasteiger partial charge in [-0.3, -0.25) is 0 Å². The number of ether oxygens (including phenoxy) is 1. The number of aliphatic hydroxyl groups is 1. The highest BCUT2D eigenvalue weighted by molar-refractivity contribution is 5.29. The van der Waals surface area contributed by atoms with E-state index in [1.54, 1.807) is 27.0 Å². The first-order valence-corrected chi connectivity index (χ1v) is 5.31. The predicted octanol–water partition coefficient (Wildman–Crippen LogP) is 1.69. The molecule has 16 heavy (non-hydrogen) atoms. The lowest BCUT2D eigenvalue weighted by Gasteiger charge is -2.17. The average Bonchev–Trinajstić information content (AvgIpc) is 2.16. The largest absolute Gasteiger partial charge is 0.488 e. The molecule has 0 aromatic heterocycles. The van der Waals surface area contributed by atoms with Gasteiger partial charge in [0.15, 0.2) is 0 Å². The molecule has 90 valence electrons. The van der Waals surface area contributed by atoms with E-state index in [0.29, 0.717) is 12.3 Å². The molecule has 1 aromatic carbocycles. The van der Waals surface area contributed by atoms with Crippen molar-refractivity contribution in [1.82, 2.24) is 5.32 Å². The maximum absolute atomic E-state index is 13.2. The van der Waals surface area contributed by atoms with E-state index in [-0.39, 0.29) is 11.9 Å². The number of hydrogen-bond acceptors (Lipinski definition) is 3. The number of halogens is 1. The summed E-state index contributed by atoms with van der Waals surface area (Å²) >= 11 is 0. The fourth-order valence-corrected chi connectivity index (χ4v) is 1.31. The van der Waals surface area contributed by atoms with Crippen molar-refractivity contribution in [3.05, 3.63) is 29.6 Å². The summed E-state index contributed by atoms with van der Waals surface area (Å²) < 4.78 is 18.7. The van der Waals surface area contributed by atoms with Crippen LogP contribution in [0.3, 0.4) is 0 Å². The molecule has 2 unspecified atom stereocenters. The quantitative estimate of drug-likeness (QED) is 0.804. The van der Waals surface area contributed by atoms with E-state index >= 15 is 0 Å². The van der Waals surface area contributed by atoms with Gasteiger partial charge in [0.25, 0.3) is 0 Å². The minimum atomic E-state index is -0.587. The molecular weight excluding hydrogens is 209 g/mol. The van der Waals surface area contributed by atoms with Crippen molar-refractivity contribution in [2.24, 2.45) is 0 Å². The first-order valence-electron chi connectivity index (χ1n) is 5.31. The first-order chi connectivity index (χ1) is 7.52. The fraction of sp³-hybridized carbons (Fsp3) is 0.500. The summed E-state index contributed by atoms with van der Waals surface area (Å²) in [5, 5.41) is 12.2. The Morgan fingerprint density at radius 3 is 2.62 bits per heavy atom. The Labute approximate surface area is 95.2 Å². The molecule has 0 aliphatic heterocycles. The SMILES string of the molecule is CNCc1cc(F)cc(OC(C)C(C)O)c1. The molecule has 0 radical (unpaired) electrons. The summed E-state index contributed by atoms with van der Waals surface area (Å²) in [6.45, 7) is 3.96. The second-order valence-corrected chi connectivity index (χ2v) is 3.89. The second-order valence-electron chi connectivity index (χ2n) is 3.89. The van der Waals surface area contributed by atoms with Crippen LogP contribution in [0, 0.1) is 5.82 Å². The molecule has 1 aromatic rings. The predicted molar refractivity (Wildman–Crippen MR) is 60.9 cm³/mol. The van der Waals surface area contributed by atoms with E-state index < -0.39 is 6.10 Å². The Bertz CT molecular complexity index is 342. The lowest BCUT2D eigenvalue weighted by molar-refractivity contribution is 0.0602. The van der Waals surface area contributed by atoms with Crippen LogP contribution in [-0.4, -0.2) is 24.4 Å². The molecule has 0 saturated heterocycles. The Morgan fingerprint density at radius 2 is 2.06 bits per heavy atom. The van der Waals surface area contributed by atoms with Crippen LogP contribution in [0.4, 0.5) is 4.39 Å². The van der Waals surface area contributed by atoms with Gasteiger partial charge in [0.1, 0.15) is 17.7 Å². The molecule has 0 fully saturated rings. The van der Waals surface area contributed by atoms with Gasteiger partial charge in [-0.25, -0.2) is 4.39 Å². The third-order valence-electron chi connectivity index (χ3n) is 2.31. The van der Waals surface area contributed by atoms with Crippen molar-refractivity contribution < 1.29 is 14.2 Å². The summed E-state index contributed by atoms with van der Waals surface area (Å²) in [6, 6.07) is 4.53. The van der Waals surface area contributed by atoms with Gasteiger partial charge in [0.05, 0.1) is 6.10 Å². The highest BCUT2D eigenvalue weighted by Gasteiger charge is 2.11. The summed E-state index contributed by atoms with van der Waals surface area (Å²) in [5.41, 5.74) is 0.815. The Kier molecular flexibility index (Phi) is 4.71. The van der Waals surface area contributed by atoms with Gasteiger partial charge in [-0.05, 0) is 38.6 Å². The third kappa shape index (κ3) is 3.79. The minimum Gasteiger partial charge on any atom is -0.488 e. The topological polar surface area (TPSA) is 41.5 Å². The average molecular weight is 227 g/mol. The van der Waals surface area contributed by atoms with Crippen LogP contribution in [0.2, 0.25) is 0 Å². The highest BCUT2D eigenvalue weighted by atomic mass is 19.1. The molecule has 0 saturated carbocycles. The van der Waals surface area contributed by atoms with E-state index in [0.717, 1.165) is 5.56 Å². The molecule has 3 nitrogen and oxygen atoms in total. The van der Waals surface area contributed by atoms with Gasteiger partial charge < -0.3 is 15.2 Å². The van der Waals surface area contributed by atoms with Gasteiger partial charge in [0.2, 0.25) is 0 Å². The van der Waals surface area contributed by atoms with Crippen LogP contribution in [0.25, 0.3) is 0 Å². The zero-order valence-electron chi connectivity index (χ0n) is 9.83. The van der Waals surface area contributed by atoms with Crippen molar-refractivity contribution in [3.8, 4) is 5.75 Å². The Balaban J connectivity index is 2.79. The standard InChI is InChI=1S/C12H18FNO2/c1-8(15)9(2)16-12-5-10(7-14-3)4-11(13)6-12/h4-6,8-9,14-15H,7H2,1-3H3. The normalized spacial score (nSPS) is 14.6. The van der Waals surface area contributed by atoms with E-state index in [1.807, 2.05) is 0 Å². The van der Waals surface area contributed by atoms with Gasteiger partial charge in [-0.15, -0.1) is 0 Å². The first kappa shape index (κ1) is 12.9. The van der Waals surface area contributed by atoms with Crippen molar-refractivity contribution in [2.75, 3.05) is 7.05 Å². The number of hydrogen-bond donors (Lipinski definition) is 2. The molecule has 1 rings (SSSR count). The van der Waals surface area contributed by atoms with E-state index in [4.69, 9.17) is 4.74 Å². The molecule has 0 spiro atoms. The summed E-state index contributed by atoms with van der Waals surface area (Å²) in [6.07, 6.45) is -0.944. The van der Waals surface area contributed by atoms with Gasteiger partial charge in [-0.2, -0.15) is 0 Å². The van der Waals surface area contributed by atoms with Crippen LogP contribution in [0.5, 0.6) is 5.75 Å². The lowest BCUT2D eigenvalue weighted by Crippen LogP contribution is -2.25. The molecular formula is C12H18FNO2. The molecule has 0 aliphatic carbocycles. The maximum Gasteiger partial charge on any atom is 0.127 e. The van der Waals surface area contributed by atoms with Crippen LogP contribution in [0.15, 0.2) is 18.2 Å². The van der Waals surface area contributed by atoms with Crippen LogP contribution in [-0.2, 0) is 6.54 Å². The summed E-state index contributed by atoms with van der Waals surface area (Å²) in [5.74, 6) is 0.110. The minimum absolute atomic E-state index is 0.333. The van der Waals surface area contributed by atoms with Crippen molar-refractivity contribution in [1.29, 1.82) is 0 Å². The molecule has 2 atom stereocenters. The molecule has 0 aliphatic rings. The smallest absolute Gasteiger partial charge is 0.127 e. The van der Waals surface area contributed by atoms with Crippen LogP contribution >= 0.6 is 0 Å². The highest BCUT2D eigenvalue weighted by Crippen LogP contribution is 2.18. The number of rotatable bonds is 5. The van der Waals surface area contributed by atoms with Crippen molar-refractivity contribution in [3.63, 3.8) is 0 Å².